The summed E-state index contributed by atoms with van der Waals surface area (Å²) in [4.78, 5) is 22.4. The van der Waals surface area contributed by atoms with Crippen LogP contribution in [0.3, 0.4) is 0 Å². The minimum Gasteiger partial charge on any atom is -0.478 e. The minimum atomic E-state index is -0.955. The maximum absolute atomic E-state index is 11.5. The van der Waals surface area contributed by atoms with Gasteiger partial charge in [0.1, 0.15) is 0 Å². The number of carbonyl (C=O) groups excluding carboxylic acids is 1. The number of carboxylic acid groups (broad SMARTS) is 1. The van der Waals surface area contributed by atoms with Gasteiger partial charge in [0.2, 0.25) is 5.91 Å². The number of aromatic carboxylic acids is 1. The van der Waals surface area contributed by atoms with E-state index in [1.807, 2.05) is 30.3 Å². The predicted molar refractivity (Wildman–Crippen MR) is 81.1 cm³/mol. The number of nitrogens with two attached hydrogens (primary N) is 1. The van der Waals surface area contributed by atoms with Crippen LogP contribution < -0.4 is 5.73 Å². The van der Waals surface area contributed by atoms with Gasteiger partial charge in [-0.25, -0.2) is 4.79 Å². The first-order valence-corrected chi connectivity index (χ1v) is 6.56. The van der Waals surface area contributed by atoms with Crippen molar-refractivity contribution in [2.24, 2.45) is 5.73 Å². The van der Waals surface area contributed by atoms with Crippen molar-refractivity contribution in [2.75, 3.05) is 0 Å². The summed E-state index contributed by atoms with van der Waals surface area (Å²) in [6.45, 7) is 3.55. The first-order valence-electron chi connectivity index (χ1n) is 6.56. The van der Waals surface area contributed by atoms with Crippen LogP contribution in [0.2, 0.25) is 0 Å². The van der Waals surface area contributed by atoms with Gasteiger partial charge in [-0.05, 0) is 42.7 Å². The Morgan fingerprint density at radius 1 is 1.00 bits per heavy atom. The van der Waals surface area contributed by atoms with Gasteiger partial charge in [0.25, 0.3) is 0 Å². The van der Waals surface area contributed by atoms with E-state index in [9.17, 15) is 9.59 Å². The Balaban J connectivity index is 2.38. The van der Waals surface area contributed by atoms with Crippen LogP contribution in [0.4, 0.5) is 0 Å². The van der Waals surface area contributed by atoms with Gasteiger partial charge < -0.3 is 10.8 Å². The number of rotatable bonds is 4. The SMILES string of the molecule is CC(C)(C(N)=O)c1ccc(-c2cccc(C(=O)O)c2)cc1. The van der Waals surface area contributed by atoms with Crippen LogP contribution in [0.5, 0.6) is 0 Å². The molecule has 3 N–H and O–H groups in total. The zero-order valence-corrected chi connectivity index (χ0v) is 12.0. The van der Waals surface area contributed by atoms with E-state index in [0.717, 1.165) is 16.7 Å². The number of benzene rings is 2. The van der Waals surface area contributed by atoms with E-state index in [-0.39, 0.29) is 11.5 Å². The average Bonchev–Trinajstić information content (AvgIpc) is 2.47. The third-order valence-corrected chi connectivity index (χ3v) is 3.67. The second-order valence-electron chi connectivity index (χ2n) is 5.45. The predicted octanol–water partition coefficient (Wildman–Crippen LogP) is 2.81. The Hall–Kier alpha value is -2.62. The van der Waals surface area contributed by atoms with Crippen molar-refractivity contribution in [1.29, 1.82) is 0 Å². The highest BCUT2D eigenvalue weighted by Crippen LogP contribution is 2.27. The molecular formula is C17H17NO3. The largest absolute Gasteiger partial charge is 0.478 e. The quantitative estimate of drug-likeness (QED) is 0.905. The molecule has 2 rings (SSSR count). The van der Waals surface area contributed by atoms with Gasteiger partial charge >= 0.3 is 5.97 Å². The summed E-state index contributed by atoms with van der Waals surface area (Å²) in [5, 5.41) is 9.02. The van der Waals surface area contributed by atoms with Crippen LogP contribution in [0, 0.1) is 0 Å². The molecule has 0 aliphatic rings. The average molecular weight is 283 g/mol. The topological polar surface area (TPSA) is 80.4 Å². The highest BCUT2D eigenvalue weighted by Gasteiger charge is 2.26. The highest BCUT2D eigenvalue weighted by molar-refractivity contribution is 5.89. The Bertz CT molecular complexity index is 687. The lowest BCUT2D eigenvalue weighted by atomic mass is 9.83. The third kappa shape index (κ3) is 2.94. The lowest BCUT2D eigenvalue weighted by Gasteiger charge is -2.21. The van der Waals surface area contributed by atoms with E-state index in [0.29, 0.717) is 0 Å². The normalized spacial score (nSPS) is 11.1. The second-order valence-corrected chi connectivity index (χ2v) is 5.45. The molecule has 21 heavy (non-hydrogen) atoms. The molecule has 0 aliphatic carbocycles. The molecule has 0 radical (unpaired) electrons. The first-order chi connectivity index (χ1) is 9.82. The molecule has 0 fully saturated rings. The fourth-order valence-corrected chi connectivity index (χ4v) is 2.05. The molecule has 0 atom stereocenters. The standard InChI is InChI=1S/C17H17NO3/c1-17(2,16(18)21)14-8-6-11(7-9-14)12-4-3-5-13(10-12)15(19)20/h3-10H,1-2H3,(H2,18,21)(H,19,20). The van der Waals surface area contributed by atoms with Crippen molar-refractivity contribution in [3.63, 3.8) is 0 Å². The first kappa shape index (κ1) is 14.8. The third-order valence-electron chi connectivity index (χ3n) is 3.67. The molecule has 0 spiro atoms. The van der Waals surface area contributed by atoms with Crippen LogP contribution >= 0.6 is 0 Å². The molecule has 4 nitrogen and oxygen atoms in total. The van der Waals surface area contributed by atoms with E-state index in [2.05, 4.69) is 0 Å². The van der Waals surface area contributed by atoms with E-state index < -0.39 is 11.4 Å². The number of carbonyl (C=O) groups is 2. The van der Waals surface area contributed by atoms with Crippen molar-refractivity contribution in [3.05, 3.63) is 59.7 Å². The van der Waals surface area contributed by atoms with Gasteiger partial charge in [-0.2, -0.15) is 0 Å². The number of hydrogen-bond acceptors (Lipinski definition) is 2. The van der Waals surface area contributed by atoms with Gasteiger partial charge in [-0.3, -0.25) is 4.79 Å². The van der Waals surface area contributed by atoms with Crippen molar-refractivity contribution in [1.82, 2.24) is 0 Å². The van der Waals surface area contributed by atoms with Crippen LogP contribution in [0.25, 0.3) is 11.1 Å². The lowest BCUT2D eigenvalue weighted by Crippen LogP contribution is -2.35. The minimum absolute atomic E-state index is 0.244. The summed E-state index contributed by atoms with van der Waals surface area (Å²) in [5.41, 5.74) is 7.45. The summed E-state index contributed by atoms with van der Waals surface area (Å²) in [7, 11) is 0. The Morgan fingerprint density at radius 2 is 1.62 bits per heavy atom. The van der Waals surface area contributed by atoms with Crippen molar-refractivity contribution in [2.45, 2.75) is 19.3 Å². The van der Waals surface area contributed by atoms with Gasteiger partial charge in [0.05, 0.1) is 11.0 Å². The summed E-state index contributed by atoms with van der Waals surface area (Å²) in [6.07, 6.45) is 0. The van der Waals surface area contributed by atoms with Crippen LogP contribution in [0.15, 0.2) is 48.5 Å². The molecule has 0 unspecified atom stereocenters. The summed E-state index contributed by atoms with van der Waals surface area (Å²) in [6, 6.07) is 14.1. The Morgan fingerprint density at radius 3 is 2.14 bits per heavy atom. The van der Waals surface area contributed by atoms with Crippen molar-refractivity contribution in [3.8, 4) is 11.1 Å². The number of primary amides is 1. The fraction of sp³-hybridized carbons (Fsp3) is 0.176. The van der Waals surface area contributed by atoms with Gasteiger partial charge in [-0.15, -0.1) is 0 Å². The van der Waals surface area contributed by atoms with Crippen LogP contribution in [0.1, 0.15) is 29.8 Å². The molecular weight excluding hydrogens is 266 g/mol. The maximum atomic E-state index is 11.5. The zero-order chi connectivity index (χ0) is 15.6. The monoisotopic (exact) mass is 283 g/mol. The molecule has 0 aromatic heterocycles. The molecule has 2 aromatic rings. The summed E-state index contributed by atoms with van der Waals surface area (Å²) in [5.74, 6) is -1.34. The number of carboxylic acids is 1. The second kappa shape index (κ2) is 5.40. The van der Waals surface area contributed by atoms with Crippen molar-refractivity contribution >= 4 is 11.9 Å². The molecule has 0 aliphatic heterocycles. The molecule has 1 amide bonds. The molecule has 108 valence electrons. The molecule has 2 aromatic carbocycles. The fourth-order valence-electron chi connectivity index (χ4n) is 2.05. The molecule has 0 saturated heterocycles. The van der Waals surface area contributed by atoms with Crippen LogP contribution in [-0.2, 0) is 10.2 Å². The summed E-state index contributed by atoms with van der Waals surface area (Å²) >= 11 is 0. The van der Waals surface area contributed by atoms with Gasteiger partial charge in [0, 0.05) is 0 Å². The van der Waals surface area contributed by atoms with Gasteiger partial charge in [0.15, 0.2) is 0 Å². The highest BCUT2D eigenvalue weighted by atomic mass is 16.4. The van der Waals surface area contributed by atoms with E-state index in [1.54, 1.807) is 32.0 Å². The smallest absolute Gasteiger partial charge is 0.335 e. The van der Waals surface area contributed by atoms with Crippen molar-refractivity contribution < 1.29 is 14.7 Å². The van der Waals surface area contributed by atoms with E-state index in [4.69, 9.17) is 10.8 Å². The number of amides is 1. The zero-order valence-electron chi connectivity index (χ0n) is 12.0. The van der Waals surface area contributed by atoms with E-state index >= 15 is 0 Å². The van der Waals surface area contributed by atoms with Gasteiger partial charge in [-0.1, -0.05) is 36.4 Å². The molecule has 0 heterocycles. The number of hydrogen-bond donors (Lipinski definition) is 2. The van der Waals surface area contributed by atoms with E-state index in [1.165, 1.54) is 0 Å². The Kier molecular flexibility index (Phi) is 3.80. The lowest BCUT2D eigenvalue weighted by molar-refractivity contribution is -0.122. The Labute approximate surface area is 123 Å². The molecule has 4 heteroatoms. The molecule has 0 saturated carbocycles. The maximum Gasteiger partial charge on any atom is 0.335 e. The molecule has 0 bridgehead atoms. The van der Waals surface area contributed by atoms with Crippen LogP contribution in [-0.4, -0.2) is 17.0 Å². The summed E-state index contributed by atoms with van der Waals surface area (Å²) < 4.78 is 0.